The maximum absolute atomic E-state index is 12.2. The minimum atomic E-state index is -0.367. The van der Waals surface area contributed by atoms with E-state index in [1.807, 2.05) is 6.07 Å². The quantitative estimate of drug-likeness (QED) is 0.597. The summed E-state index contributed by atoms with van der Waals surface area (Å²) < 4.78 is 12.2. The minimum Gasteiger partial charge on any atom is -0.207 e. The molecule has 2 rings (SSSR count). The summed E-state index contributed by atoms with van der Waals surface area (Å²) in [7, 11) is 0. The van der Waals surface area contributed by atoms with Gasteiger partial charge in [-0.2, -0.15) is 5.26 Å². The molecule has 0 amide bonds. The molecule has 1 fully saturated rings. The van der Waals surface area contributed by atoms with E-state index in [-0.39, 0.29) is 5.82 Å². The topological polar surface area (TPSA) is 23.8 Å². The zero-order valence-electron chi connectivity index (χ0n) is 7.63. The van der Waals surface area contributed by atoms with Gasteiger partial charge in [-0.05, 0) is 24.1 Å². The van der Waals surface area contributed by atoms with E-state index in [1.54, 1.807) is 6.07 Å². The Balaban J connectivity index is 0.000000175. The Bertz CT molecular complexity index is 310. The summed E-state index contributed by atoms with van der Waals surface area (Å²) in [5.74, 6) is 0.717. The van der Waals surface area contributed by atoms with Gasteiger partial charge in [-0.25, -0.2) is 4.39 Å². The zero-order chi connectivity index (χ0) is 9.68. The van der Waals surface area contributed by atoms with E-state index >= 15 is 0 Å². The maximum atomic E-state index is 12.2. The fourth-order valence-electron chi connectivity index (χ4n) is 0.725. The molecule has 1 saturated carbocycles. The monoisotopic (exact) mass is 177 g/mol. The Hall–Kier alpha value is -1.36. The largest absolute Gasteiger partial charge is 0.207 e. The van der Waals surface area contributed by atoms with Crippen LogP contribution in [0.4, 0.5) is 4.39 Å². The fraction of sp³-hybridized carbons (Fsp3) is 0.364. The Morgan fingerprint density at radius 3 is 2.38 bits per heavy atom. The van der Waals surface area contributed by atoms with Crippen molar-refractivity contribution < 1.29 is 4.39 Å². The highest BCUT2D eigenvalue weighted by Gasteiger charge is 2.12. The van der Waals surface area contributed by atoms with E-state index in [4.69, 9.17) is 5.26 Å². The molecule has 0 spiro atoms. The Labute approximate surface area is 77.8 Å². The van der Waals surface area contributed by atoms with Crippen molar-refractivity contribution in [1.82, 2.24) is 0 Å². The number of rotatable bonds is 0. The molecule has 1 aliphatic carbocycles. The molecule has 68 valence electrons. The van der Waals surface area contributed by atoms with Crippen molar-refractivity contribution in [3.8, 4) is 6.07 Å². The summed E-state index contributed by atoms with van der Waals surface area (Å²) in [6, 6.07) is 7.40. The first-order chi connectivity index (χ1) is 6.22. The van der Waals surface area contributed by atoms with Crippen LogP contribution in [0.5, 0.6) is 0 Å². The lowest BCUT2D eigenvalue weighted by molar-refractivity contribution is 0.627. The molecule has 2 heteroatoms. The fourth-order valence-corrected chi connectivity index (χ4v) is 0.725. The minimum absolute atomic E-state index is 0.356. The van der Waals surface area contributed by atoms with Crippen molar-refractivity contribution in [2.24, 2.45) is 5.92 Å². The summed E-state index contributed by atoms with van der Waals surface area (Å²) in [5.41, 5.74) is 0.356. The molecule has 1 aliphatic rings. The molecule has 0 bridgehead atoms. The van der Waals surface area contributed by atoms with E-state index in [2.05, 4.69) is 6.92 Å². The van der Waals surface area contributed by atoms with Crippen LogP contribution in [0.1, 0.15) is 25.3 Å². The highest BCUT2D eigenvalue weighted by molar-refractivity contribution is 5.28. The molecule has 0 aliphatic heterocycles. The van der Waals surface area contributed by atoms with Gasteiger partial charge in [0.1, 0.15) is 5.82 Å². The molecule has 0 heterocycles. The van der Waals surface area contributed by atoms with Crippen LogP contribution in [0.2, 0.25) is 0 Å². The van der Waals surface area contributed by atoms with Gasteiger partial charge in [0.2, 0.25) is 0 Å². The van der Waals surface area contributed by atoms with Crippen molar-refractivity contribution in [1.29, 1.82) is 5.26 Å². The van der Waals surface area contributed by atoms with Crippen molar-refractivity contribution in [2.75, 3.05) is 0 Å². The zero-order valence-corrected chi connectivity index (χ0v) is 7.63. The van der Waals surface area contributed by atoms with Crippen LogP contribution in [0.15, 0.2) is 24.3 Å². The summed E-state index contributed by atoms with van der Waals surface area (Å²) in [5, 5.41) is 8.25. The SMILES string of the molecule is CC1CC1.N#Cc1cccc(F)c1. The van der Waals surface area contributed by atoms with Crippen molar-refractivity contribution in [3.05, 3.63) is 35.6 Å². The number of hydrogen-bond acceptors (Lipinski definition) is 1. The summed E-state index contributed by atoms with van der Waals surface area (Å²) in [6.07, 6.45) is 2.97. The van der Waals surface area contributed by atoms with Gasteiger partial charge in [0.25, 0.3) is 0 Å². The lowest BCUT2D eigenvalue weighted by Gasteiger charge is -1.85. The molecular formula is C11H12FN. The van der Waals surface area contributed by atoms with Crippen LogP contribution >= 0.6 is 0 Å². The van der Waals surface area contributed by atoms with Crippen LogP contribution < -0.4 is 0 Å². The summed E-state index contributed by atoms with van der Waals surface area (Å²) in [4.78, 5) is 0. The number of halogens is 1. The normalized spacial score (nSPS) is 13.9. The average molecular weight is 177 g/mol. The second-order valence-electron chi connectivity index (χ2n) is 3.30. The van der Waals surface area contributed by atoms with Crippen LogP contribution in [-0.2, 0) is 0 Å². The molecule has 0 atom stereocenters. The molecule has 0 aromatic heterocycles. The highest BCUT2D eigenvalue weighted by Crippen LogP contribution is 2.26. The van der Waals surface area contributed by atoms with Crippen molar-refractivity contribution in [3.63, 3.8) is 0 Å². The van der Waals surface area contributed by atoms with E-state index in [1.165, 1.54) is 31.0 Å². The third-order valence-electron chi connectivity index (χ3n) is 1.82. The molecule has 13 heavy (non-hydrogen) atoms. The van der Waals surface area contributed by atoms with Crippen LogP contribution in [-0.4, -0.2) is 0 Å². The van der Waals surface area contributed by atoms with Crippen LogP contribution in [0, 0.1) is 23.1 Å². The Morgan fingerprint density at radius 2 is 2.08 bits per heavy atom. The van der Waals surface area contributed by atoms with Gasteiger partial charge in [-0.1, -0.05) is 25.8 Å². The van der Waals surface area contributed by atoms with Gasteiger partial charge in [0, 0.05) is 0 Å². The molecule has 0 unspecified atom stereocenters. The predicted octanol–water partition coefficient (Wildman–Crippen LogP) is 3.11. The molecule has 1 aromatic carbocycles. The van der Waals surface area contributed by atoms with Gasteiger partial charge in [-0.15, -0.1) is 0 Å². The number of nitrogens with zero attached hydrogens (tertiary/aromatic N) is 1. The smallest absolute Gasteiger partial charge is 0.124 e. The third kappa shape index (κ3) is 4.27. The first-order valence-corrected chi connectivity index (χ1v) is 4.38. The summed E-state index contributed by atoms with van der Waals surface area (Å²) in [6.45, 7) is 2.28. The lowest BCUT2D eigenvalue weighted by atomic mass is 10.2. The molecule has 1 aromatic rings. The predicted molar refractivity (Wildman–Crippen MR) is 49.5 cm³/mol. The van der Waals surface area contributed by atoms with Gasteiger partial charge >= 0.3 is 0 Å². The van der Waals surface area contributed by atoms with E-state index in [0.29, 0.717) is 5.56 Å². The second-order valence-corrected chi connectivity index (χ2v) is 3.30. The second kappa shape index (κ2) is 4.61. The molecule has 0 radical (unpaired) electrons. The Morgan fingerprint density at radius 1 is 1.46 bits per heavy atom. The van der Waals surface area contributed by atoms with Crippen molar-refractivity contribution >= 4 is 0 Å². The first-order valence-electron chi connectivity index (χ1n) is 4.38. The third-order valence-corrected chi connectivity index (χ3v) is 1.82. The molecule has 1 nitrogen and oxygen atoms in total. The standard InChI is InChI=1S/C7H4FN.C4H8/c8-7-3-1-2-6(4-7)5-9;1-4-2-3-4/h1-4H;4H,2-3H2,1H3. The van der Waals surface area contributed by atoms with E-state index in [0.717, 1.165) is 5.92 Å². The number of benzene rings is 1. The number of hydrogen-bond donors (Lipinski definition) is 0. The molecule has 0 N–H and O–H groups in total. The molecule has 0 saturated heterocycles. The average Bonchev–Trinajstić information content (AvgIpc) is 2.89. The van der Waals surface area contributed by atoms with E-state index < -0.39 is 0 Å². The van der Waals surface area contributed by atoms with Crippen molar-refractivity contribution in [2.45, 2.75) is 19.8 Å². The Kier molecular flexibility index (Phi) is 3.45. The number of nitriles is 1. The molecular weight excluding hydrogens is 165 g/mol. The van der Waals surface area contributed by atoms with Gasteiger partial charge in [-0.3, -0.25) is 0 Å². The van der Waals surface area contributed by atoms with Crippen LogP contribution in [0.3, 0.4) is 0 Å². The van der Waals surface area contributed by atoms with Gasteiger partial charge in [0.15, 0.2) is 0 Å². The van der Waals surface area contributed by atoms with Gasteiger partial charge < -0.3 is 0 Å². The lowest BCUT2D eigenvalue weighted by Crippen LogP contribution is -1.74. The summed E-state index contributed by atoms with van der Waals surface area (Å²) >= 11 is 0. The highest BCUT2D eigenvalue weighted by atomic mass is 19.1. The maximum Gasteiger partial charge on any atom is 0.124 e. The van der Waals surface area contributed by atoms with Gasteiger partial charge in [0.05, 0.1) is 11.6 Å². The first kappa shape index (κ1) is 9.73. The van der Waals surface area contributed by atoms with Crippen LogP contribution in [0.25, 0.3) is 0 Å². The van der Waals surface area contributed by atoms with E-state index in [9.17, 15) is 4.39 Å².